The number of amides is 2. The van der Waals surface area contributed by atoms with Gasteiger partial charge in [0.2, 0.25) is 5.89 Å². The summed E-state index contributed by atoms with van der Waals surface area (Å²) in [5.41, 5.74) is 3.65. The standard InChI is InChI=1S/C25H20N6O3/c1-15-26-22(21-24(27-15)34-23(31-21)16-7-13-20(32)14-8-16)28-18-9-11-19(12-10-18)30-25(33)29-17-5-3-2-4-6-17/h2-14,32H,1H3,(H,26,27,28)(H2,29,30,33). The van der Waals surface area contributed by atoms with Crippen LogP contribution in [0.4, 0.5) is 27.7 Å². The summed E-state index contributed by atoms with van der Waals surface area (Å²) in [5, 5.41) is 18.3. The first-order chi connectivity index (χ1) is 16.5. The van der Waals surface area contributed by atoms with E-state index in [0.29, 0.717) is 45.7 Å². The number of carbonyl (C=O) groups is 1. The highest BCUT2D eigenvalue weighted by Crippen LogP contribution is 2.29. The first-order valence-electron chi connectivity index (χ1n) is 10.5. The number of phenolic OH excluding ortho intramolecular Hbond substituents is 1. The smallest absolute Gasteiger partial charge is 0.323 e. The maximum absolute atomic E-state index is 12.2. The predicted molar refractivity (Wildman–Crippen MR) is 130 cm³/mol. The maximum Gasteiger partial charge on any atom is 0.323 e. The molecule has 5 aromatic rings. The number of fused-ring (bicyclic) bond motifs is 1. The maximum atomic E-state index is 12.2. The molecule has 0 radical (unpaired) electrons. The number of aryl methyl sites for hydroxylation is 1. The number of urea groups is 1. The molecule has 0 aliphatic heterocycles. The van der Waals surface area contributed by atoms with Crippen LogP contribution in [0.2, 0.25) is 0 Å². The van der Waals surface area contributed by atoms with Crippen LogP contribution in [0.3, 0.4) is 0 Å². The molecule has 3 aromatic carbocycles. The third-order valence-corrected chi connectivity index (χ3v) is 4.92. The highest BCUT2D eigenvalue weighted by atomic mass is 16.4. The number of rotatable bonds is 5. The lowest BCUT2D eigenvalue weighted by molar-refractivity contribution is 0.262. The van der Waals surface area contributed by atoms with Crippen LogP contribution in [0.5, 0.6) is 5.75 Å². The number of aromatic hydroxyl groups is 1. The Morgan fingerprint density at radius 1 is 0.794 bits per heavy atom. The number of oxazole rings is 1. The van der Waals surface area contributed by atoms with Crippen molar-refractivity contribution >= 4 is 40.1 Å². The summed E-state index contributed by atoms with van der Waals surface area (Å²) in [7, 11) is 0. The van der Waals surface area contributed by atoms with Gasteiger partial charge in [-0.25, -0.2) is 14.8 Å². The average molecular weight is 452 g/mol. The van der Waals surface area contributed by atoms with Crippen molar-refractivity contribution in [2.45, 2.75) is 6.92 Å². The molecule has 34 heavy (non-hydrogen) atoms. The Morgan fingerprint density at radius 2 is 1.44 bits per heavy atom. The number of carbonyl (C=O) groups excluding carboxylic acids is 1. The van der Waals surface area contributed by atoms with Crippen LogP contribution in [-0.2, 0) is 0 Å². The zero-order chi connectivity index (χ0) is 23.5. The van der Waals surface area contributed by atoms with E-state index in [-0.39, 0.29) is 11.8 Å². The molecule has 0 saturated heterocycles. The number of benzene rings is 3. The van der Waals surface area contributed by atoms with Crippen molar-refractivity contribution in [1.82, 2.24) is 15.0 Å². The van der Waals surface area contributed by atoms with Gasteiger partial charge in [-0.2, -0.15) is 4.98 Å². The van der Waals surface area contributed by atoms with E-state index in [4.69, 9.17) is 4.42 Å². The van der Waals surface area contributed by atoms with Crippen LogP contribution < -0.4 is 16.0 Å². The Labute approximate surface area is 194 Å². The summed E-state index contributed by atoms with van der Waals surface area (Å²) >= 11 is 0. The van der Waals surface area contributed by atoms with Gasteiger partial charge in [-0.1, -0.05) is 18.2 Å². The number of para-hydroxylation sites is 1. The van der Waals surface area contributed by atoms with Crippen molar-refractivity contribution in [3.63, 3.8) is 0 Å². The summed E-state index contributed by atoms with van der Waals surface area (Å²) in [6.45, 7) is 1.77. The number of hydrogen-bond donors (Lipinski definition) is 4. The van der Waals surface area contributed by atoms with E-state index < -0.39 is 0 Å². The van der Waals surface area contributed by atoms with Crippen LogP contribution >= 0.6 is 0 Å². The van der Waals surface area contributed by atoms with Gasteiger partial charge in [0.25, 0.3) is 5.71 Å². The Hall–Kier alpha value is -4.92. The molecule has 0 aliphatic rings. The number of anilines is 4. The van der Waals surface area contributed by atoms with E-state index in [1.54, 1.807) is 43.3 Å². The molecule has 0 fully saturated rings. The van der Waals surface area contributed by atoms with Crippen molar-refractivity contribution in [2.75, 3.05) is 16.0 Å². The molecule has 168 valence electrons. The van der Waals surface area contributed by atoms with Crippen LogP contribution in [0.1, 0.15) is 5.82 Å². The molecule has 0 saturated carbocycles. The van der Waals surface area contributed by atoms with Gasteiger partial charge in [-0.05, 0) is 67.6 Å². The highest BCUT2D eigenvalue weighted by Gasteiger charge is 2.15. The summed E-state index contributed by atoms with van der Waals surface area (Å²) in [6, 6.07) is 22.7. The lowest BCUT2D eigenvalue weighted by Crippen LogP contribution is -2.19. The minimum Gasteiger partial charge on any atom is -0.508 e. The van der Waals surface area contributed by atoms with Crippen LogP contribution in [0.15, 0.2) is 83.3 Å². The predicted octanol–water partition coefficient (Wildman–Crippen LogP) is 5.69. The van der Waals surface area contributed by atoms with Gasteiger partial charge in [0.1, 0.15) is 11.6 Å². The van der Waals surface area contributed by atoms with Gasteiger partial charge in [-0.15, -0.1) is 0 Å². The number of nitrogens with zero attached hydrogens (tertiary/aromatic N) is 3. The number of nitrogens with one attached hydrogen (secondary N) is 3. The summed E-state index contributed by atoms with van der Waals surface area (Å²) in [5.74, 6) is 1.56. The van der Waals surface area contributed by atoms with Crippen molar-refractivity contribution in [3.05, 3.63) is 84.7 Å². The summed E-state index contributed by atoms with van der Waals surface area (Å²) in [6.07, 6.45) is 0. The molecule has 0 unspecified atom stereocenters. The zero-order valence-corrected chi connectivity index (χ0v) is 18.1. The third kappa shape index (κ3) is 4.63. The van der Waals surface area contributed by atoms with Crippen LogP contribution in [0.25, 0.3) is 22.7 Å². The molecule has 2 heterocycles. The van der Waals surface area contributed by atoms with E-state index in [2.05, 4.69) is 30.9 Å². The Kier molecular flexibility index (Phi) is 5.49. The number of phenols is 1. The van der Waals surface area contributed by atoms with Crippen LogP contribution in [-0.4, -0.2) is 26.1 Å². The molecule has 0 spiro atoms. The Balaban J connectivity index is 1.33. The van der Waals surface area contributed by atoms with Gasteiger partial charge < -0.3 is 25.5 Å². The molecule has 2 amide bonds. The van der Waals surface area contributed by atoms with Gasteiger partial charge in [0, 0.05) is 22.6 Å². The van der Waals surface area contributed by atoms with Crippen molar-refractivity contribution in [2.24, 2.45) is 0 Å². The van der Waals surface area contributed by atoms with Crippen molar-refractivity contribution in [1.29, 1.82) is 0 Å². The second kappa shape index (κ2) is 8.91. The molecule has 9 heteroatoms. The molecule has 0 atom stereocenters. The second-order valence-corrected chi connectivity index (χ2v) is 7.49. The first-order valence-corrected chi connectivity index (χ1v) is 10.5. The minimum absolute atomic E-state index is 0.160. The summed E-state index contributed by atoms with van der Waals surface area (Å²) < 4.78 is 5.83. The lowest BCUT2D eigenvalue weighted by Gasteiger charge is -2.09. The molecule has 0 aliphatic carbocycles. The van der Waals surface area contributed by atoms with Crippen molar-refractivity contribution < 1.29 is 14.3 Å². The normalized spacial score (nSPS) is 10.7. The Bertz CT molecular complexity index is 1450. The molecular formula is C25H20N6O3. The van der Waals surface area contributed by atoms with Gasteiger partial charge >= 0.3 is 6.03 Å². The molecule has 5 rings (SSSR count). The molecule has 9 nitrogen and oxygen atoms in total. The van der Waals surface area contributed by atoms with Gasteiger partial charge in [0.05, 0.1) is 0 Å². The first kappa shape index (κ1) is 21.0. The zero-order valence-electron chi connectivity index (χ0n) is 18.1. The van der Waals surface area contributed by atoms with E-state index in [1.807, 2.05) is 42.5 Å². The van der Waals surface area contributed by atoms with E-state index in [1.165, 1.54) is 0 Å². The highest BCUT2D eigenvalue weighted by molar-refractivity contribution is 5.99. The molecule has 0 bridgehead atoms. The molecule has 2 aromatic heterocycles. The fourth-order valence-corrected chi connectivity index (χ4v) is 3.33. The van der Waals surface area contributed by atoms with Gasteiger partial charge in [-0.3, -0.25) is 0 Å². The number of aromatic nitrogens is 3. The van der Waals surface area contributed by atoms with E-state index >= 15 is 0 Å². The Morgan fingerprint density at radius 3 is 2.15 bits per heavy atom. The van der Waals surface area contributed by atoms with E-state index in [0.717, 1.165) is 5.69 Å². The molecule has 4 N–H and O–H groups in total. The monoisotopic (exact) mass is 452 g/mol. The quantitative estimate of drug-likeness (QED) is 0.270. The second-order valence-electron chi connectivity index (χ2n) is 7.49. The van der Waals surface area contributed by atoms with Crippen LogP contribution in [0, 0.1) is 6.92 Å². The largest absolute Gasteiger partial charge is 0.508 e. The molecular weight excluding hydrogens is 432 g/mol. The van der Waals surface area contributed by atoms with Gasteiger partial charge in [0.15, 0.2) is 11.3 Å². The fraction of sp³-hybridized carbons (Fsp3) is 0.0400. The minimum atomic E-state index is -0.329. The average Bonchev–Trinajstić information content (AvgIpc) is 3.25. The topological polar surface area (TPSA) is 125 Å². The van der Waals surface area contributed by atoms with E-state index in [9.17, 15) is 9.90 Å². The SMILES string of the molecule is Cc1nc(Nc2ccc(NC(=O)Nc3ccccc3)cc2)c2nc(-c3ccc(O)cc3)oc2n1. The van der Waals surface area contributed by atoms with Crippen molar-refractivity contribution in [3.8, 4) is 17.2 Å². The summed E-state index contributed by atoms with van der Waals surface area (Å²) in [4.78, 5) is 25.5. The number of hydrogen-bond acceptors (Lipinski definition) is 7. The lowest BCUT2D eigenvalue weighted by atomic mass is 10.2. The third-order valence-electron chi connectivity index (χ3n) is 4.92. The fourth-order valence-electron chi connectivity index (χ4n) is 3.33.